The molecule has 2 aromatic rings. The molecule has 0 saturated heterocycles. The fourth-order valence-corrected chi connectivity index (χ4v) is 2.78. The molecule has 1 amide bonds. The molecule has 0 aliphatic carbocycles. The van der Waals surface area contributed by atoms with Gasteiger partial charge < -0.3 is 14.6 Å². The summed E-state index contributed by atoms with van der Waals surface area (Å²) < 4.78 is 11.0. The molecule has 0 aliphatic rings. The lowest BCUT2D eigenvalue weighted by atomic mass is 10.1. The van der Waals surface area contributed by atoms with E-state index in [9.17, 15) is 4.79 Å². The summed E-state index contributed by atoms with van der Waals surface area (Å²) in [5, 5.41) is 9.16. The summed E-state index contributed by atoms with van der Waals surface area (Å²) in [6.07, 6.45) is 0.216. The number of rotatable bonds is 7. The van der Waals surface area contributed by atoms with Gasteiger partial charge in [-0.15, -0.1) is 0 Å². The second-order valence-corrected chi connectivity index (χ2v) is 7.44. The minimum atomic E-state index is -0.575. The van der Waals surface area contributed by atoms with Crippen LogP contribution in [-0.4, -0.2) is 35.4 Å². The molecule has 0 bridgehead atoms. The van der Waals surface area contributed by atoms with Gasteiger partial charge in [-0.25, -0.2) is 4.79 Å². The van der Waals surface area contributed by atoms with E-state index in [1.54, 1.807) is 12.0 Å². The second-order valence-electron chi connectivity index (χ2n) is 7.44. The van der Waals surface area contributed by atoms with E-state index in [0.717, 1.165) is 22.4 Å². The molecule has 0 aromatic heterocycles. The lowest BCUT2D eigenvalue weighted by Crippen LogP contribution is -2.36. The van der Waals surface area contributed by atoms with Gasteiger partial charge in [0.15, 0.2) is 0 Å². The molecule has 0 fully saturated rings. The zero-order valence-corrected chi connectivity index (χ0v) is 16.6. The molecule has 0 unspecified atom stereocenters. The maximum atomic E-state index is 12.8. The third-order valence-electron chi connectivity index (χ3n) is 3.97. The molecule has 0 spiro atoms. The molecule has 2 rings (SSSR count). The van der Waals surface area contributed by atoms with E-state index in [0.29, 0.717) is 19.5 Å². The Morgan fingerprint density at radius 3 is 2.41 bits per heavy atom. The van der Waals surface area contributed by atoms with Gasteiger partial charge in [0.25, 0.3) is 0 Å². The maximum absolute atomic E-state index is 12.8. The molecule has 27 heavy (non-hydrogen) atoms. The number of para-hydroxylation sites is 1. The third kappa shape index (κ3) is 6.61. The Morgan fingerprint density at radius 1 is 1.04 bits per heavy atom. The fraction of sp³-hybridized carbons (Fsp3) is 0.409. The molecule has 0 heterocycles. The van der Waals surface area contributed by atoms with Gasteiger partial charge in [0, 0.05) is 18.7 Å². The van der Waals surface area contributed by atoms with Crippen molar-refractivity contribution in [3.8, 4) is 5.75 Å². The molecular formula is C22H29NO4. The Hall–Kier alpha value is -2.53. The van der Waals surface area contributed by atoms with Gasteiger partial charge in [-0.05, 0) is 44.4 Å². The van der Waals surface area contributed by atoms with Crippen molar-refractivity contribution in [2.24, 2.45) is 0 Å². The van der Waals surface area contributed by atoms with Crippen LogP contribution in [0.15, 0.2) is 48.5 Å². The SMILES string of the molecule is COc1ccccc1CN(Cc1cccc(CCO)c1)C(=O)OC(C)(C)C. The molecule has 146 valence electrons. The Bertz CT molecular complexity index is 752. The summed E-state index contributed by atoms with van der Waals surface area (Å²) >= 11 is 0. The molecule has 2 aromatic carbocycles. The Morgan fingerprint density at radius 2 is 1.74 bits per heavy atom. The van der Waals surface area contributed by atoms with Gasteiger partial charge in [0.05, 0.1) is 13.7 Å². The van der Waals surface area contributed by atoms with Crippen LogP contribution in [0.5, 0.6) is 5.75 Å². The van der Waals surface area contributed by atoms with Crippen molar-refractivity contribution in [3.63, 3.8) is 0 Å². The molecule has 5 heteroatoms. The minimum absolute atomic E-state index is 0.0977. The van der Waals surface area contributed by atoms with Crippen LogP contribution in [0.4, 0.5) is 4.79 Å². The van der Waals surface area contributed by atoms with Crippen LogP contribution in [0, 0.1) is 0 Å². The van der Waals surface area contributed by atoms with Gasteiger partial charge in [-0.3, -0.25) is 4.90 Å². The summed E-state index contributed by atoms with van der Waals surface area (Å²) in [7, 11) is 1.62. The number of carbonyl (C=O) groups is 1. The normalized spacial score (nSPS) is 11.1. The van der Waals surface area contributed by atoms with E-state index < -0.39 is 5.60 Å². The second kappa shape index (κ2) is 9.42. The number of aliphatic hydroxyl groups excluding tert-OH is 1. The van der Waals surface area contributed by atoms with Crippen LogP contribution in [0.3, 0.4) is 0 Å². The van der Waals surface area contributed by atoms with Crippen LogP contribution in [0.25, 0.3) is 0 Å². The molecule has 0 atom stereocenters. The summed E-state index contributed by atoms with van der Waals surface area (Å²) in [6.45, 7) is 6.45. The van der Waals surface area contributed by atoms with Crippen LogP contribution < -0.4 is 4.74 Å². The molecule has 0 radical (unpaired) electrons. The van der Waals surface area contributed by atoms with E-state index in [2.05, 4.69) is 0 Å². The molecule has 1 N–H and O–H groups in total. The Kier molecular flexibility index (Phi) is 7.25. The first kappa shape index (κ1) is 20.8. The number of amides is 1. The third-order valence-corrected chi connectivity index (χ3v) is 3.97. The number of ether oxygens (including phenoxy) is 2. The average molecular weight is 371 g/mol. The van der Waals surface area contributed by atoms with Crippen LogP contribution >= 0.6 is 0 Å². The number of aliphatic hydroxyl groups is 1. The van der Waals surface area contributed by atoms with Crippen molar-refractivity contribution in [3.05, 3.63) is 65.2 Å². The van der Waals surface area contributed by atoms with Gasteiger partial charge in [0.1, 0.15) is 11.4 Å². The van der Waals surface area contributed by atoms with Crippen LogP contribution in [0.1, 0.15) is 37.5 Å². The minimum Gasteiger partial charge on any atom is -0.496 e. The Labute approximate surface area is 161 Å². The van der Waals surface area contributed by atoms with Crippen molar-refractivity contribution in [1.82, 2.24) is 4.90 Å². The van der Waals surface area contributed by atoms with Gasteiger partial charge in [-0.1, -0.05) is 42.5 Å². The summed E-state index contributed by atoms with van der Waals surface area (Å²) in [5.74, 6) is 0.736. The Balaban J connectivity index is 2.26. The van der Waals surface area contributed by atoms with E-state index in [1.807, 2.05) is 69.3 Å². The summed E-state index contributed by atoms with van der Waals surface area (Å²) in [4.78, 5) is 14.5. The lowest BCUT2D eigenvalue weighted by Gasteiger charge is -2.28. The fourth-order valence-electron chi connectivity index (χ4n) is 2.78. The zero-order chi connectivity index (χ0) is 19.9. The van der Waals surface area contributed by atoms with Gasteiger partial charge in [-0.2, -0.15) is 0 Å². The van der Waals surface area contributed by atoms with E-state index in [1.165, 1.54) is 0 Å². The first-order valence-corrected chi connectivity index (χ1v) is 9.11. The predicted octanol–water partition coefficient (Wildman–Crippen LogP) is 4.17. The number of benzene rings is 2. The van der Waals surface area contributed by atoms with Crippen LogP contribution in [-0.2, 0) is 24.2 Å². The number of nitrogens with zero attached hydrogens (tertiary/aromatic N) is 1. The quantitative estimate of drug-likeness (QED) is 0.794. The highest BCUT2D eigenvalue weighted by atomic mass is 16.6. The lowest BCUT2D eigenvalue weighted by molar-refractivity contribution is 0.0215. The van der Waals surface area contributed by atoms with E-state index in [4.69, 9.17) is 14.6 Å². The molecule has 5 nitrogen and oxygen atoms in total. The highest BCUT2D eigenvalue weighted by Crippen LogP contribution is 2.22. The monoisotopic (exact) mass is 371 g/mol. The number of hydrogen-bond donors (Lipinski definition) is 1. The first-order chi connectivity index (χ1) is 12.8. The average Bonchev–Trinajstić information content (AvgIpc) is 2.61. The predicted molar refractivity (Wildman–Crippen MR) is 106 cm³/mol. The number of methoxy groups -OCH3 is 1. The largest absolute Gasteiger partial charge is 0.496 e. The molecule has 0 aliphatic heterocycles. The summed E-state index contributed by atoms with van der Waals surface area (Å²) in [6, 6.07) is 15.5. The topological polar surface area (TPSA) is 59.0 Å². The molecular weight excluding hydrogens is 342 g/mol. The van der Waals surface area contributed by atoms with Crippen molar-refractivity contribution >= 4 is 6.09 Å². The number of carbonyl (C=O) groups excluding carboxylic acids is 1. The van der Waals surface area contributed by atoms with Crippen molar-refractivity contribution in [1.29, 1.82) is 0 Å². The first-order valence-electron chi connectivity index (χ1n) is 9.11. The van der Waals surface area contributed by atoms with Crippen molar-refractivity contribution in [2.75, 3.05) is 13.7 Å². The number of hydrogen-bond acceptors (Lipinski definition) is 4. The van der Waals surface area contributed by atoms with E-state index >= 15 is 0 Å². The maximum Gasteiger partial charge on any atom is 0.410 e. The summed E-state index contributed by atoms with van der Waals surface area (Å²) in [5.41, 5.74) is 2.37. The molecule has 0 saturated carbocycles. The highest BCUT2D eigenvalue weighted by Gasteiger charge is 2.23. The van der Waals surface area contributed by atoms with Crippen molar-refractivity contribution in [2.45, 2.75) is 45.9 Å². The van der Waals surface area contributed by atoms with Crippen LogP contribution in [0.2, 0.25) is 0 Å². The zero-order valence-electron chi connectivity index (χ0n) is 16.6. The highest BCUT2D eigenvalue weighted by molar-refractivity contribution is 5.68. The smallest absolute Gasteiger partial charge is 0.410 e. The standard InChI is InChI=1S/C22H29NO4/c1-22(2,3)27-21(25)23(16-19-10-5-6-11-20(19)26-4)15-18-9-7-8-17(14-18)12-13-24/h5-11,14,24H,12-13,15-16H2,1-4H3. The van der Waals surface area contributed by atoms with E-state index in [-0.39, 0.29) is 12.7 Å². The van der Waals surface area contributed by atoms with Gasteiger partial charge >= 0.3 is 6.09 Å². The van der Waals surface area contributed by atoms with Gasteiger partial charge in [0.2, 0.25) is 0 Å². The van der Waals surface area contributed by atoms with Crippen molar-refractivity contribution < 1.29 is 19.4 Å².